The molecule has 9 heteroatoms. The van der Waals surface area contributed by atoms with Gasteiger partial charge in [0.2, 0.25) is 5.84 Å². The number of carbonyl (C=O) groups is 2. The fraction of sp³-hybridized carbons (Fsp3) is 0.211. The summed E-state index contributed by atoms with van der Waals surface area (Å²) in [5, 5.41) is 2.46. The van der Waals surface area contributed by atoms with Gasteiger partial charge in [-0.25, -0.2) is 14.2 Å². The molecule has 1 atom stereocenters. The number of hydrogen-bond donors (Lipinski definition) is 0. The fourth-order valence-electron chi connectivity index (χ4n) is 2.99. The van der Waals surface area contributed by atoms with Crippen LogP contribution >= 0.6 is 23.1 Å². The molecule has 3 amide bonds. The molecule has 2 aromatic rings. The van der Waals surface area contributed by atoms with Gasteiger partial charge in [0.05, 0.1) is 19.0 Å². The number of nitrogens with zero attached hydrogens (tertiary/aromatic N) is 4. The molecule has 0 bridgehead atoms. The Labute approximate surface area is 169 Å². The molecule has 1 aromatic carbocycles. The number of thioether (sulfide) groups is 1. The highest BCUT2D eigenvalue weighted by atomic mass is 32.2. The molecule has 3 heterocycles. The van der Waals surface area contributed by atoms with Crippen molar-refractivity contribution in [2.45, 2.75) is 5.75 Å². The van der Waals surface area contributed by atoms with Crippen LogP contribution in [0.3, 0.4) is 0 Å². The summed E-state index contributed by atoms with van der Waals surface area (Å²) in [6, 6.07) is 9.67. The SMILES string of the molecule is CN1C(=O)C2C(SCc3cccc(F)c3)=NC(c3cccs3)=NC2=[N+](C)C1=O. The van der Waals surface area contributed by atoms with Crippen molar-refractivity contribution >= 4 is 51.8 Å². The molecule has 0 saturated heterocycles. The lowest BCUT2D eigenvalue weighted by molar-refractivity contribution is -0.407. The minimum absolute atomic E-state index is 0.310. The van der Waals surface area contributed by atoms with Gasteiger partial charge in [-0.3, -0.25) is 4.79 Å². The Morgan fingerprint density at radius 1 is 1.25 bits per heavy atom. The molecule has 0 radical (unpaired) electrons. The van der Waals surface area contributed by atoms with Gasteiger partial charge in [0.1, 0.15) is 10.9 Å². The first kappa shape index (κ1) is 18.7. The normalized spacial score (nSPS) is 19.5. The van der Waals surface area contributed by atoms with Crippen molar-refractivity contribution in [3.8, 4) is 0 Å². The summed E-state index contributed by atoms with van der Waals surface area (Å²) in [5.41, 5.74) is 0.787. The second-order valence-electron chi connectivity index (χ2n) is 6.31. The van der Waals surface area contributed by atoms with Crippen LogP contribution in [0.15, 0.2) is 51.8 Å². The van der Waals surface area contributed by atoms with Gasteiger partial charge < -0.3 is 0 Å². The van der Waals surface area contributed by atoms with Crippen LogP contribution in [0.4, 0.5) is 9.18 Å². The third kappa shape index (κ3) is 3.31. The Hall–Kier alpha value is -2.65. The van der Waals surface area contributed by atoms with Gasteiger partial charge in [0.25, 0.3) is 5.84 Å². The molecule has 0 aliphatic carbocycles. The molecule has 6 nitrogen and oxygen atoms in total. The number of imide groups is 1. The number of amides is 3. The molecule has 0 N–H and O–H groups in total. The second-order valence-corrected chi connectivity index (χ2v) is 8.25. The zero-order valence-corrected chi connectivity index (χ0v) is 16.8. The highest BCUT2D eigenvalue weighted by Crippen LogP contribution is 2.29. The Morgan fingerprint density at radius 2 is 2.07 bits per heavy atom. The highest BCUT2D eigenvalue weighted by molar-refractivity contribution is 8.13. The van der Waals surface area contributed by atoms with E-state index in [0.717, 1.165) is 15.3 Å². The molecule has 142 valence electrons. The lowest BCUT2D eigenvalue weighted by Gasteiger charge is -2.26. The van der Waals surface area contributed by atoms with Crippen LogP contribution in [0, 0.1) is 11.7 Å². The molecule has 0 spiro atoms. The Balaban J connectivity index is 1.75. The average molecular weight is 415 g/mol. The Morgan fingerprint density at radius 3 is 2.79 bits per heavy atom. The molecule has 28 heavy (non-hydrogen) atoms. The standard InChI is InChI=1S/C19H16FN4O2S2/c1-23-16-14(18(25)24(2)19(23)26)17(22-15(21-16)13-7-4-8-27-13)28-10-11-5-3-6-12(20)9-11/h3-9,14H,10H2,1-2H3/q+1. The summed E-state index contributed by atoms with van der Waals surface area (Å²) in [6.45, 7) is 0. The van der Waals surface area contributed by atoms with E-state index in [4.69, 9.17) is 0 Å². The smallest absolute Gasteiger partial charge is 0.255 e. The predicted molar refractivity (Wildman–Crippen MR) is 109 cm³/mol. The van der Waals surface area contributed by atoms with Crippen molar-refractivity contribution in [3.63, 3.8) is 0 Å². The van der Waals surface area contributed by atoms with E-state index >= 15 is 0 Å². The van der Waals surface area contributed by atoms with Crippen LogP contribution in [0.1, 0.15) is 10.4 Å². The number of rotatable bonds is 3. The topological polar surface area (TPSA) is 65.1 Å². The zero-order chi connectivity index (χ0) is 19.8. The number of thiophene rings is 1. The van der Waals surface area contributed by atoms with Gasteiger partial charge in [-0.2, -0.15) is 9.48 Å². The Bertz CT molecular complexity index is 1060. The summed E-state index contributed by atoms with van der Waals surface area (Å²) in [5.74, 6) is -0.122. The van der Waals surface area contributed by atoms with Gasteiger partial charge in [0.15, 0.2) is 5.92 Å². The largest absolute Gasteiger partial charge is 0.445 e. The molecular formula is C19H16FN4O2S2+. The van der Waals surface area contributed by atoms with Gasteiger partial charge >= 0.3 is 11.9 Å². The first-order valence-electron chi connectivity index (χ1n) is 8.46. The van der Waals surface area contributed by atoms with E-state index in [1.54, 1.807) is 13.1 Å². The molecular weight excluding hydrogens is 399 g/mol. The number of halogens is 1. The summed E-state index contributed by atoms with van der Waals surface area (Å²) in [6.07, 6.45) is 0. The molecule has 1 unspecified atom stereocenters. The molecule has 1 aromatic heterocycles. The third-order valence-electron chi connectivity index (χ3n) is 4.45. The maximum atomic E-state index is 13.5. The van der Waals surface area contributed by atoms with Crippen LogP contribution in [-0.2, 0) is 10.5 Å². The molecule has 0 fully saturated rings. The summed E-state index contributed by atoms with van der Waals surface area (Å²) in [4.78, 5) is 36.3. The molecule has 0 saturated carbocycles. The number of fused-ring (bicyclic) bond motifs is 1. The van der Waals surface area contributed by atoms with E-state index in [2.05, 4.69) is 9.98 Å². The van der Waals surface area contributed by atoms with E-state index in [1.807, 2.05) is 23.6 Å². The van der Waals surface area contributed by atoms with Gasteiger partial charge in [-0.1, -0.05) is 23.2 Å². The quantitative estimate of drug-likeness (QED) is 0.723. The zero-order valence-electron chi connectivity index (χ0n) is 15.1. The highest BCUT2D eigenvalue weighted by Gasteiger charge is 2.49. The van der Waals surface area contributed by atoms with Crippen LogP contribution < -0.4 is 0 Å². The van der Waals surface area contributed by atoms with Crippen LogP contribution in [0.25, 0.3) is 0 Å². The minimum atomic E-state index is -0.741. The van der Waals surface area contributed by atoms with Crippen molar-refractivity contribution in [3.05, 3.63) is 58.0 Å². The summed E-state index contributed by atoms with van der Waals surface area (Å²) < 4.78 is 14.9. The Kier molecular flexibility index (Phi) is 4.94. The molecule has 2 aliphatic rings. The van der Waals surface area contributed by atoms with Crippen molar-refractivity contribution in [2.75, 3.05) is 14.1 Å². The predicted octanol–water partition coefficient (Wildman–Crippen LogP) is 3.23. The van der Waals surface area contributed by atoms with Crippen molar-refractivity contribution in [1.29, 1.82) is 0 Å². The monoisotopic (exact) mass is 415 g/mol. The van der Waals surface area contributed by atoms with Gasteiger partial charge in [-0.05, 0) is 29.1 Å². The lowest BCUT2D eigenvalue weighted by atomic mass is 10.0. The van der Waals surface area contributed by atoms with E-state index < -0.39 is 11.9 Å². The van der Waals surface area contributed by atoms with Gasteiger partial charge in [0, 0.05) is 5.75 Å². The van der Waals surface area contributed by atoms with E-state index in [-0.39, 0.29) is 11.7 Å². The van der Waals surface area contributed by atoms with E-state index in [1.165, 1.54) is 46.9 Å². The first-order chi connectivity index (χ1) is 13.5. The molecule has 4 rings (SSSR count). The summed E-state index contributed by atoms with van der Waals surface area (Å²) >= 11 is 2.84. The maximum Gasteiger partial charge on any atom is 0.445 e. The number of urea groups is 1. The number of hydrogen-bond acceptors (Lipinski definition) is 6. The molecule has 2 aliphatic heterocycles. The number of carbonyl (C=O) groups excluding carboxylic acids is 2. The van der Waals surface area contributed by atoms with Crippen LogP contribution in [0.2, 0.25) is 0 Å². The fourth-order valence-corrected chi connectivity index (χ4v) is 4.66. The summed E-state index contributed by atoms with van der Waals surface area (Å²) in [7, 11) is 3.05. The van der Waals surface area contributed by atoms with Crippen molar-refractivity contribution in [2.24, 2.45) is 15.9 Å². The number of benzene rings is 1. The average Bonchev–Trinajstić information content (AvgIpc) is 3.23. The minimum Gasteiger partial charge on any atom is -0.255 e. The third-order valence-corrected chi connectivity index (χ3v) is 6.42. The van der Waals surface area contributed by atoms with Crippen LogP contribution in [-0.4, -0.2) is 52.2 Å². The van der Waals surface area contributed by atoms with Crippen LogP contribution in [0.5, 0.6) is 0 Å². The van der Waals surface area contributed by atoms with Crippen molar-refractivity contribution in [1.82, 2.24) is 4.90 Å². The van der Waals surface area contributed by atoms with E-state index in [9.17, 15) is 14.0 Å². The lowest BCUT2D eigenvalue weighted by Crippen LogP contribution is -2.54. The van der Waals surface area contributed by atoms with Gasteiger partial charge in [-0.15, -0.1) is 23.1 Å². The maximum absolute atomic E-state index is 13.5. The number of amidine groups is 2. The number of aliphatic imine (C=N–C) groups is 2. The first-order valence-corrected chi connectivity index (χ1v) is 10.3. The van der Waals surface area contributed by atoms with E-state index in [0.29, 0.717) is 22.5 Å². The van der Waals surface area contributed by atoms with Crippen molar-refractivity contribution < 1.29 is 18.6 Å². The second kappa shape index (κ2) is 7.40.